The van der Waals surface area contributed by atoms with Crippen molar-refractivity contribution < 1.29 is 14.3 Å². The number of benzene rings is 1. The Morgan fingerprint density at radius 3 is 3.06 bits per heavy atom. The molecular weight excluding hydrogens is 222 g/mol. The van der Waals surface area contributed by atoms with Crippen LogP contribution in [-0.2, 0) is 14.3 Å². The summed E-state index contributed by atoms with van der Waals surface area (Å²) in [6, 6.07) is 5.25. The van der Waals surface area contributed by atoms with E-state index in [2.05, 4.69) is 20.0 Å². The third kappa shape index (κ3) is 2.60. The molecule has 6 heteroatoms. The number of rotatable bonds is 3. The number of fused-ring (bicyclic) bond motifs is 1. The molecule has 2 N–H and O–H groups in total. The average molecular weight is 233 g/mol. The van der Waals surface area contributed by atoms with Gasteiger partial charge in [-0.05, 0) is 18.2 Å². The largest absolute Gasteiger partial charge is 0.469 e. The SMILES string of the molecule is COC(=O)CC(=O)Nc1ccc2nc[nH]c2c1. The van der Waals surface area contributed by atoms with Crippen molar-refractivity contribution in [2.24, 2.45) is 0 Å². The van der Waals surface area contributed by atoms with Gasteiger partial charge in [-0.15, -0.1) is 0 Å². The summed E-state index contributed by atoms with van der Waals surface area (Å²) in [5.74, 6) is -0.971. The number of hydrogen-bond donors (Lipinski definition) is 2. The topological polar surface area (TPSA) is 84.1 Å². The van der Waals surface area contributed by atoms with E-state index in [0.717, 1.165) is 11.0 Å². The normalized spacial score (nSPS) is 10.2. The molecule has 0 aliphatic carbocycles. The highest BCUT2D eigenvalue weighted by Gasteiger charge is 2.09. The third-order valence-corrected chi connectivity index (χ3v) is 2.24. The number of hydrogen-bond acceptors (Lipinski definition) is 4. The maximum atomic E-state index is 11.4. The van der Waals surface area contributed by atoms with Gasteiger partial charge in [0.25, 0.3) is 0 Å². The number of nitrogens with zero attached hydrogens (tertiary/aromatic N) is 1. The van der Waals surface area contributed by atoms with Crippen LogP contribution in [0.25, 0.3) is 11.0 Å². The second-order valence-corrected chi connectivity index (χ2v) is 3.44. The third-order valence-electron chi connectivity index (χ3n) is 2.24. The lowest BCUT2D eigenvalue weighted by molar-refractivity contribution is -0.142. The van der Waals surface area contributed by atoms with Crippen LogP contribution in [0.4, 0.5) is 5.69 Å². The zero-order valence-electron chi connectivity index (χ0n) is 9.19. The lowest BCUT2D eigenvalue weighted by Gasteiger charge is -2.04. The number of nitrogens with one attached hydrogen (secondary N) is 2. The Morgan fingerprint density at radius 1 is 1.47 bits per heavy atom. The quantitative estimate of drug-likeness (QED) is 0.613. The van der Waals surface area contributed by atoms with E-state index < -0.39 is 11.9 Å². The van der Waals surface area contributed by atoms with Crippen LogP contribution in [0.15, 0.2) is 24.5 Å². The number of methoxy groups -OCH3 is 1. The van der Waals surface area contributed by atoms with Crippen LogP contribution in [0.1, 0.15) is 6.42 Å². The van der Waals surface area contributed by atoms with Crippen LogP contribution in [0.5, 0.6) is 0 Å². The second kappa shape index (κ2) is 4.65. The van der Waals surface area contributed by atoms with Gasteiger partial charge in [0.05, 0.1) is 24.5 Å². The molecule has 0 radical (unpaired) electrons. The van der Waals surface area contributed by atoms with Crippen molar-refractivity contribution in [1.82, 2.24) is 9.97 Å². The zero-order chi connectivity index (χ0) is 12.3. The monoisotopic (exact) mass is 233 g/mol. The van der Waals surface area contributed by atoms with Crippen molar-refractivity contribution in [1.29, 1.82) is 0 Å². The highest BCUT2D eigenvalue weighted by molar-refractivity contribution is 6.02. The van der Waals surface area contributed by atoms with Gasteiger partial charge < -0.3 is 15.0 Å². The fraction of sp³-hybridized carbons (Fsp3) is 0.182. The van der Waals surface area contributed by atoms with Gasteiger partial charge in [-0.25, -0.2) is 4.98 Å². The summed E-state index contributed by atoms with van der Waals surface area (Å²) in [5.41, 5.74) is 2.24. The minimum absolute atomic E-state index is 0.294. The molecule has 1 aromatic carbocycles. The Labute approximate surface area is 97.0 Å². The van der Waals surface area contributed by atoms with Gasteiger partial charge in [0.2, 0.25) is 5.91 Å². The highest BCUT2D eigenvalue weighted by atomic mass is 16.5. The summed E-state index contributed by atoms with van der Waals surface area (Å²) in [6.07, 6.45) is 1.28. The maximum Gasteiger partial charge on any atom is 0.315 e. The van der Waals surface area contributed by atoms with Crippen molar-refractivity contribution in [2.75, 3.05) is 12.4 Å². The molecule has 2 aromatic rings. The van der Waals surface area contributed by atoms with E-state index in [1.807, 2.05) is 0 Å². The first-order valence-electron chi connectivity index (χ1n) is 4.99. The van der Waals surface area contributed by atoms with Gasteiger partial charge in [-0.1, -0.05) is 0 Å². The summed E-state index contributed by atoms with van der Waals surface area (Å²) in [6.45, 7) is 0. The number of carbonyl (C=O) groups excluding carboxylic acids is 2. The van der Waals surface area contributed by atoms with E-state index >= 15 is 0 Å². The molecule has 1 amide bonds. The number of aromatic nitrogens is 2. The first kappa shape index (κ1) is 11.1. The summed E-state index contributed by atoms with van der Waals surface area (Å²) in [7, 11) is 1.24. The average Bonchev–Trinajstić information content (AvgIpc) is 2.75. The summed E-state index contributed by atoms with van der Waals surface area (Å²) >= 11 is 0. The number of amides is 1. The molecule has 0 saturated heterocycles. The number of esters is 1. The molecule has 0 unspecified atom stereocenters. The smallest absolute Gasteiger partial charge is 0.315 e. The molecule has 88 valence electrons. The highest BCUT2D eigenvalue weighted by Crippen LogP contribution is 2.15. The Morgan fingerprint density at radius 2 is 2.29 bits per heavy atom. The number of carbonyl (C=O) groups is 2. The van der Waals surface area contributed by atoms with E-state index in [4.69, 9.17) is 0 Å². The van der Waals surface area contributed by atoms with Crippen LogP contribution < -0.4 is 5.32 Å². The lowest BCUT2D eigenvalue weighted by Crippen LogP contribution is -2.17. The van der Waals surface area contributed by atoms with E-state index in [0.29, 0.717) is 5.69 Å². The number of H-pyrrole nitrogens is 1. The Bertz CT molecular complexity index is 562. The fourth-order valence-corrected chi connectivity index (χ4v) is 1.42. The van der Waals surface area contributed by atoms with E-state index in [1.165, 1.54) is 7.11 Å². The van der Waals surface area contributed by atoms with Crippen molar-refractivity contribution in [3.8, 4) is 0 Å². The standard InChI is InChI=1S/C11H11N3O3/c1-17-11(16)5-10(15)14-7-2-3-8-9(4-7)13-6-12-8/h2-4,6H,5H2,1H3,(H,12,13)(H,14,15). The maximum absolute atomic E-state index is 11.4. The van der Waals surface area contributed by atoms with Crippen molar-refractivity contribution in [3.05, 3.63) is 24.5 Å². The van der Waals surface area contributed by atoms with Gasteiger partial charge in [-0.3, -0.25) is 9.59 Å². The molecule has 0 atom stereocenters. The molecule has 1 aromatic heterocycles. The van der Waals surface area contributed by atoms with Gasteiger partial charge in [-0.2, -0.15) is 0 Å². The van der Waals surface area contributed by atoms with Crippen molar-refractivity contribution in [3.63, 3.8) is 0 Å². The molecule has 0 aliphatic rings. The van der Waals surface area contributed by atoms with E-state index in [9.17, 15) is 9.59 Å². The van der Waals surface area contributed by atoms with Gasteiger partial charge in [0.15, 0.2) is 0 Å². The molecule has 0 aliphatic heterocycles. The molecule has 17 heavy (non-hydrogen) atoms. The Balaban J connectivity index is 2.07. The molecule has 0 bridgehead atoms. The van der Waals surface area contributed by atoms with Crippen molar-refractivity contribution >= 4 is 28.6 Å². The summed E-state index contributed by atoms with van der Waals surface area (Å²) < 4.78 is 4.40. The number of ether oxygens (including phenoxy) is 1. The molecule has 2 rings (SSSR count). The number of anilines is 1. The Hall–Kier alpha value is -2.37. The fourth-order valence-electron chi connectivity index (χ4n) is 1.42. The predicted molar refractivity (Wildman–Crippen MR) is 61.4 cm³/mol. The second-order valence-electron chi connectivity index (χ2n) is 3.44. The van der Waals surface area contributed by atoms with Crippen LogP contribution in [0, 0.1) is 0 Å². The molecule has 0 fully saturated rings. The Kier molecular flexibility index (Phi) is 3.04. The first-order chi connectivity index (χ1) is 8.19. The predicted octanol–water partition coefficient (Wildman–Crippen LogP) is 1.06. The molecule has 6 nitrogen and oxygen atoms in total. The van der Waals surface area contributed by atoms with Crippen LogP contribution in [0.3, 0.4) is 0 Å². The molecule has 1 heterocycles. The van der Waals surface area contributed by atoms with E-state index in [1.54, 1.807) is 24.5 Å². The number of imidazole rings is 1. The minimum Gasteiger partial charge on any atom is -0.469 e. The summed E-state index contributed by atoms with van der Waals surface area (Å²) in [5, 5.41) is 2.60. The minimum atomic E-state index is -0.565. The zero-order valence-corrected chi connectivity index (χ0v) is 9.19. The lowest BCUT2D eigenvalue weighted by atomic mass is 10.2. The van der Waals surface area contributed by atoms with Gasteiger partial charge >= 0.3 is 5.97 Å². The van der Waals surface area contributed by atoms with Crippen molar-refractivity contribution in [2.45, 2.75) is 6.42 Å². The first-order valence-corrected chi connectivity index (χ1v) is 4.99. The molecule has 0 saturated carbocycles. The number of aromatic amines is 1. The van der Waals surface area contributed by atoms with Crippen LogP contribution in [-0.4, -0.2) is 29.0 Å². The van der Waals surface area contributed by atoms with Crippen LogP contribution >= 0.6 is 0 Å². The summed E-state index contributed by atoms with van der Waals surface area (Å²) in [4.78, 5) is 29.3. The molecule has 0 spiro atoms. The van der Waals surface area contributed by atoms with E-state index in [-0.39, 0.29) is 6.42 Å². The van der Waals surface area contributed by atoms with Gasteiger partial charge in [0.1, 0.15) is 6.42 Å². The van der Waals surface area contributed by atoms with Crippen LogP contribution in [0.2, 0.25) is 0 Å². The van der Waals surface area contributed by atoms with Gasteiger partial charge in [0, 0.05) is 5.69 Å². The molecular formula is C11H11N3O3.